The van der Waals surface area contributed by atoms with E-state index in [1.165, 1.54) is 18.5 Å². The van der Waals surface area contributed by atoms with E-state index in [4.69, 9.17) is 14.2 Å². The maximum atomic E-state index is 12.9. The molecule has 2 heterocycles. The van der Waals surface area contributed by atoms with E-state index in [0.717, 1.165) is 6.42 Å². The van der Waals surface area contributed by atoms with Crippen LogP contribution < -0.4 is 14.2 Å². The molecule has 0 N–H and O–H groups in total. The Morgan fingerprint density at radius 1 is 1.00 bits per heavy atom. The van der Waals surface area contributed by atoms with Crippen molar-refractivity contribution >= 4 is 10.0 Å². The molecule has 0 aliphatic carbocycles. The van der Waals surface area contributed by atoms with Crippen LogP contribution in [0.15, 0.2) is 41.3 Å². The lowest BCUT2D eigenvalue weighted by Crippen LogP contribution is -2.44. The van der Waals surface area contributed by atoms with E-state index in [2.05, 4.69) is 10.2 Å². The largest absolute Gasteiger partial charge is 0.497 e. The molecule has 1 aliphatic heterocycles. The van der Waals surface area contributed by atoms with Gasteiger partial charge in [-0.05, 0) is 37.1 Å². The number of methoxy groups -OCH3 is 2. The number of hydrogen-bond acceptors (Lipinski definition) is 7. The Kier molecular flexibility index (Phi) is 5.58. The third-order valence-electron chi connectivity index (χ3n) is 4.15. The molecule has 140 valence electrons. The zero-order valence-electron chi connectivity index (χ0n) is 14.7. The van der Waals surface area contributed by atoms with Gasteiger partial charge in [-0.15, -0.1) is 10.2 Å². The third kappa shape index (κ3) is 4.05. The number of aromatic nitrogens is 2. The lowest BCUT2D eigenvalue weighted by atomic mass is 10.1. The summed E-state index contributed by atoms with van der Waals surface area (Å²) < 4.78 is 43.0. The molecule has 9 heteroatoms. The van der Waals surface area contributed by atoms with E-state index >= 15 is 0 Å². The Labute approximate surface area is 152 Å². The van der Waals surface area contributed by atoms with E-state index in [1.54, 1.807) is 36.4 Å². The van der Waals surface area contributed by atoms with Gasteiger partial charge in [-0.25, -0.2) is 8.42 Å². The Balaban J connectivity index is 1.70. The fourth-order valence-electron chi connectivity index (χ4n) is 2.77. The summed E-state index contributed by atoms with van der Waals surface area (Å²) in [5.41, 5.74) is 0. The third-order valence-corrected chi connectivity index (χ3v) is 6.03. The molecule has 8 nitrogen and oxygen atoms in total. The number of nitrogens with zero attached hydrogens (tertiary/aromatic N) is 3. The Morgan fingerprint density at radius 3 is 2.31 bits per heavy atom. The molecule has 1 atom stereocenters. The van der Waals surface area contributed by atoms with E-state index in [0.29, 0.717) is 30.5 Å². The van der Waals surface area contributed by atoms with Gasteiger partial charge in [0.1, 0.15) is 11.9 Å². The van der Waals surface area contributed by atoms with Crippen LogP contribution in [0.2, 0.25) is 0 Å². The quantitative estimate of drug-likeness (QED) is 0.755. The molecule has 1 unspecified atom stereocenters. The summed E-state index contributed by atoms with van der Waals surface area (Å²) in [6.45, 7) is 0.727. The Morgan fingerprint density at radius 2 is 1.69 bits per heavy atom. The number of hydrogen-bond donors (Lipinski definition) is 0. The molecule has 1 aromatic heterocycles. The van der Waals surface area contributed by atoms with Crippen molar-refractivity contribution in [1.29, 1.82) is 0 Å². The van der Waals surface area contributed by atoms with Crippen LogP contribution in [0.5, 0.6) is 17.5 Å². The van der Waals surface area contributed by atoms with E-state index in [1.807, 2.05) is 0 Å². The molecule has 0 spiro atoms. The molecule has 3 rings (SSSR count). The van der Waals surface area contributed by atoms with Crippen LogP contribution in [0.3, 0.4) is 0 Å². The fraction of sp³-hybridized carbons (Fsp3) is 0.412. The Bertz CT molecular complexity index is 824. The topological polar surface area (TPSA) is 90.9 Å². The summed E-state index contributed by atoms with van der Waals surface area (Å²) in [6, 6.07) is 9.68. The van der Waals surface area contributed by atoms with Crippen molar-refractivity contribution in [2.75, 3.05) is 27.3 Å². The monoisotopic (exact) mass is 379 g/mol. The zero-order valence-corrected chi connectivity index (χ0v) is 15.5. The second-order valence-corrected chi connectivity index (χ2v) is 7.77. The lowest BCUT2D eigenvalue weighted by Gasteiger charge is -2.31. The van der Waals surface area contributed by atoms with Gasteiger partial charge < -0.3 is 14.2 Å². The fourth-order valence-corrected chi connectivity index (χ4v) is 4.28. The summed E-state index contributed by atoms with van der Waals surface area (Å²) in [6.07, 6.45) is 1.19. The van der Waals surface area contributed by atoms with Crippen molar-refractivity contribution in [3.63, 3.8) is 0 Å². The van der Waals surface area contributed by atoms with Gasteiger partial charge in [0.05, 0.1) is 25.7 Å². The first-order valence-corrected chi connectivity index (χ1v) is 9.65. The van der Waals surface area contributed by atoms with Gasteiger partial charge in [-0.2, -0.15) is 4.31 Å². The van der Waals surface area contributed by atoms with Crippen LogP contribution in [0.25, 0.3) is 0 Å². The summed E-state index contributed by atoms with van der Waals surface area (Å²) in [5, 5.41) is 7.78. The lowest BCUT2D eigenvalue weighted by molar-refractivity contribution is 0.123. The zero-order chi connectivity index (χ0) is 18.6. The van der Waals surface area contributed by atoms with Crippen LogP contribution in [0.4, 0.5) is 0 Å². The second-order valence-electron chi connectivity index (χ2n) is 5.83. The number of benzene rings is 1. The molecule has 1 saturated heterocycles. The highest BCUT2D eigenvalue weighted by atomic mass is 32.2. The van der Waals surface area contributed by atoms with Gasteiger partial charge in [-0.1, -0.05) is 0 Å². The van der Waals surface area contributed by atoms with Crippen LogP contribution in [-0.2, 0) is 10.0 Å². The van der Waals surface area contributed by atoms with E-state index in [9.17, 15) is 8.42 Å². The number of sulfonamides is 1. The van der Waals surface area contributed by atoms with Crippen molar-refractivity contribution in [2.24, 2.45) is 0 Å². The molecule has 1 aromatic carbocycles. The van der Waals surface area contributed by atoms with Gasteiger partial charge >= 0.3 is 0 Å². The molecule has 0 amide bonds. The maximum Gasteiger partial charge on any atom is 0.243 e. The minimum absolute atomic E-state index is 0.239. The van der Waals surface area contributed by atoms with E-state index in [-0.39, 0.29) is 17.5 Å². The first-order chi connectivity index (χ1) is 12.5. The van der Waals surface area contributed by atoms with Crippen molar-refractivity contribution in [1.82, 2.24) is 14.5 Å². The summed E-state index contributed by atoms with van der Waals surface area (Å²) in [5.74, 6) is 1.35. The van der Waals surface area contributed by atoms with Gasteiger partial charge in [0.25, 0.3) is 0 Å². The first-order valence-electron chi connectivity index (χ1n) is 8.21. The van der Waals surface area contributed by atoms with Crippen molar-refractivity contribution in [3.8, 4) is 17.5 Å². The summed E-state index contributed by atoms with van der Waals surface area (Å²) >= 11 is 0. The predicted molar refractivity (Wildman–Crippen MR) is 94.0 cm³/mol. The maximum absolute atomic E-state index is 12.9. The van der Waals surface area contributed by atoms with E-state index < -0.39 is 10.0 Å². The minimum atomic E-state index is -3.58. The SMILES string of the molecule is COc1ccc(S(=O)(=O)N2CCCC(Oc3ccc(OC)nn3)C2)cc1. The van der Waals surface area contributed by atoms with Crippen molar-refractivity contribution in [2.45, 2.75) is 23.8 Å². The molecule has 1 aliphatic rings. The molecular weight excluding hydrogens is 358 g/mol. The molecule has 0 bridgehead atoms. The van der Waals surface area contributed by atoms with Crippen molar-refractivity contribution < 1.29 is 22.6 Å². The summed E-state index contributed by atoms with van der Waals surface area (Å²) in [4.78, 5) is 0.239. The summed E-state index contributed by atoms with van der Waals surface area (Å²) in [7, 11) is -0.534. The normalized spacial score (nSPS) is 18.3. The average Bonchev–Trinajstić information content (AvgIpc) is 2.69. The highest BCUT2D eigenvalue weighted by Gasteiger charge is 2.31. The molecule has 0 saturated carbocycles. The first kappa shape index (κ1) is 18.4. The highest BCUT2D eigenvalue weighted by Crippen LogP contribution is 2.24. The highest BCUT2D eigenvalue weighted by molar-refractivity contribution is 7.89. The molecular formula is C17H21N3O5S. The van der Waals surface area contributed by atoms with Crippen LogP contribution in [0.1, 0.15) is 12.8 Å². The van der Waals surface area contributed by atoms with Crippen LogP contribution >= 0.6 is 0 Å². The van der Waals surface area contributed by atoms with Crippen LogP contribution in [-0.4, -0.2) is 56.3 Å². The molecule has 26 heavy (non-hydrogen) atoms. The predicted octanol–water partition coefficient (Wildman–Crippen LogP) is 1.73. The molecule has 0 radical (unpaired) electrons. The second kappa shape index (κ2) is 7.88. The number of rotatable bonds is 6. The van der Waals surface area contributed by atoms with Crippen LogP contribution in [0, 0.1) is 0 Å². The average molecular weight is 379 g/mol. The number of ether oxygens (including phenoxy) is 3. The Hall–Kier alpha value is -2.39. The van der Waals surface area contributed by atoms with Gasteiger partial charge in [0, 0.05) is 18.7 Å². The van der Waals surface area contributed by atoms with Crippen molar-refractivity contribution in [3.05, 3.63) is 36.4 Å². The number of piperidine rings is 1. The molecule has 1 fully saturated rings. The smallest absolute Gasteiger partial charge is 0.243 e. The van der Waals surface area contributed by atoms with Gasteiger partial charge in [0.15, 0.2) is 0 Å². The molecule has 2 aromatic rings. The van der Waals surface area contributed by atoms with Gasteiger partial charge in [-0.3, -0.25) is 0 Å². The standard InChI is InChI=1S/C17H21N3O5S/c1-23-13-5-7-15(8-6-13)26(21,22)20-11-3-4-14(12-20)25-17-10-9-16(24-2)18-19-17/h5-10,14H,3-4,11-12H2,1-2H3. The van der Waals surface area contributed by atoms with Gasteiger partial charge in [0.2, 0.25) is 21.8 Å². The minimum Gasteiger partial charge on any atom is -0.497 e.